The standard InChI is InChI=1S/C16H19N5O3.ClH/c1-10-11(18-16(23-10)13-4-3-7-22-13)8-14-19-15(20-24-14)12-9-17-5-6-21(12)2;/h3-4,7,12,17H,5-6,8-9H2,1-2H3;1H. The summed E-state index contributed by atoms with van der Waals surface area (Å²) >= 11 is 0. The van der Waals surface area contributed by atoms with Crippen molar-refractivity contribution in [3.8, 4) is 11.7 Å². The average molecular weight is 366 g/mol. The van der Waals surface area contributed by atoms with E-state index in [0.29, 0.717) is 29.8 Å². The summed E-state index contributed by atoms with van der Waals surface area (Å²) in [4.78, 5) is 11.2. The number of furan rings is 1. The molecule has 4 rings (SSSR count). The highest BCUT2D eigenvalue weighted by atomic mass is 35.5. The molecule has 1 aliphatic rings. The summed E-state index contributed by atoms with van der Waals surface area (Å²) in [7, 11) is 2.07. The van der Waals surface area contributed by atoms with Crippen LogP contribution in [0.25, 0.3) is 11.7 Å². The van der Waals surface area contributed by atoms with Crippen LogP contribution in [0.15, 0.2) is 31.8 Å². The highest BCUT2D eigenvalue weighted by Crippen LogP contribution is 2.24. The van der Waals surface area contributed by atoms with Gasteiger partial charge >= 0.3 is 0 Å². The molecule has 8 nitrogen and oxygen atoms in total. The van der Waals surface area contributed by atoms with E-state index in [9.17, 15) is 0 Å². The molecule has 0 saturated carbocycles. The van der Waals surface area contributed by atoms with Crippen LogP contribution in [0, 0.1) is 6.92 Å². The Hall–Kier alpha value is -2.16. The van der Waals surface area contributed by atoms with E-state index in [0.717, 1.165) is 31.1 Å². The molecule has 0 aromatic carbocycles. The number of oxazole rings is 1. The van der Waals surface area contributed by atoms with Crippen molar-refractivity contribution in [1.82, 2.24) is 25.3 Å². The molecule has 0 spiro atoms. The fourth-order valence-electron chi connectivity index (χ4n) is 2.81. The largest absolute Gasteiger partial charge is 0.459 e. The van der Waals surface area contributed by atoms with Crippen LogP contribution in [0.4, 0.5) is 0 Å². The van der Waals surface area contributed by atoms with Crippen LogP contribution in [0.2, 0.25) is 0 Å². The van der Waals surface area contributed by atoms with Gasteiger partial charge in [0.05, 0.1) is 24.4 Å². The van der Waals surface area contributed by atoms with E-state index < -0.39 is 0 Å². The molecule has 1 fully saturated rings. The number of likely N-dealkylation sites (N-methyl/N-ethyl adjacent to an activating group) is 1. The van der Waals surface area contributed by atoms with Crippen molar-refractivity contribution in [2.24, 2.45) is 0 Å². The maximum absolute atomic E-state index is 5.66. The molecule has 3 aromatic heterocycles. The minimum atomic E-state index is 0. The van der Waals surface area contributed by atoms with Crippen LogP contribution < -0.4 is 5.32 Å². The summed E-state index contributed by atoms with van der Waals surface area (Å²) in [6, 6.07) is 3.74. The van der Waals surface area contributed by atoms with Gasteiger partial charge in [-0.3, -0.25) is 4.90 Å². The molecule has 0 amide bonds. The Labute approximate surface area is 151 Å². The van der Waals surface area contributed by atoms with E-state index in [4.69, 9.17) is 13.4 Å². The lowest BCUT2D eigenvalue weighted by molar-refractivity contribution is 0.190. The lowest BCUT2D eigenvalue weighted by Gasteiger charge is -2.30. The number of piperazine rings is 1. The number of nitrogens with zero attached hydrogens (tertiary/aromatic N) is 4. The number of aromatic nitrogens is 3. The van der Waals surface area contributed by atoms with Gasteiger partial charge in [-0.1, -0.05) is 5.16 Å². The van der Waals surface area contributed by atoms with Crippen molar-refractivity contribution < 1.29 is 13.4 Å². The van der Waals surface area contributed by atoms with Crippen molar-refractivity contribution in [2.75, 3.05) is 26.7 Å². The van der Waals surface area contributed by atoms with Crippen LogP contribution in [0.1, 0.15) is 29.2 Å². The van der Waals surface area contributed by atoms with Crippen LogP contribution in [-0.2, 0) is 6.42 Å². The second-order valence-electron chi connectivity index (χ2n) is 5.92. The first-order valence-corrected chi connectivity index (χ1v) is 7.94. The molecule has 0 bridgehead atoms. The summed E-state index contributed by atoms with van der Waals surface area (Å²) < 4.78 is 16.4. The first kappa shape index (κ1) is 17.7. The van der Waals surface area contributed by atoms with Gasteiger partial charge in [-0.25, -0.2) is 4.98 Å². The molecule has 134 valence electrons. The lowest BCUT2D eigenvalue weighted by Crippen LogP contribution is -2.44. The van der Waals surface area contributed by atoms with Gasteiger partial charge in [0, 0.05) is 19.6 Å². The van der Waals surface area contributed by atoms with Crippen molar-refractivity contribution in [3.05, 3.63) is 41.6 Å². The summed E-state index contributed by atoms with van der Waals surface area (Å²) in [6.45, 7) is 4.63. The maximum Gasteiger partial charge on any atom is 0.263 e. The summed E-state index contributed by atoms with van der Waals surface area (Å²) in [5.74, 6) is 3.02. The number of nitrogens with one attached hydrogen (secondary N) is 1. The lowest BCUT2D eigenvalue weighted by atomic mass is 10.2. The van der Waals surface area contributed by atoms with E-state index in [1.165, 1.54) is 0 Å². The first-order valence-electron chi connectivity index (χ1n) is 7.94. The van der Waals surface area contributed by atoms with Crippen LogP contribution in [0.3, 0.4) is 0 Å². The quantitative estimate of drug-likeness (QED) is 0.752. The highest BCUT2D eigenvalue weighted by molar-refractivity contribution is 5.85. The molecule has 25 heavy (non-hydrogen) atoms. The number of halogens is 1. The summed E-state index contributed by atoms with van der Waals surface area (Å²) in [5, 5.41) is 7.48. The van der Waals surface area contributed by atoms with Gasteiger partial charge in [0.25, 0.3) is 5.89 Å². The van der Waals surface area contributed by atoms with E-state index in [-0.39, 0.29) is 18.4 Å². The van der Waals surface area contributed by atoms with Crippen molar-refractivity contribution in [2.45, 2.75) is 19.4 Å². The average Bonchev–Trinajstić information content (AvgIpc) is 3.30. The van der Waals surface area contributed by atoms with Gasteiger partial charge in [-0.05, 0) is 26.1 Å². The normalized spacial score (nSPS) is 18.2. The number of rotatable bonds is 4. The van der Waals surface area contributed by atoms with E-state index in [1.807, 2.05) is 13.0 Å². The monoisotopic (exact) mass is 365 g/mol. The Morgan fingerprint density at radius 3 is 3.00 bits per heavy atom. The zero-order valence-electron chi connectivity index (χ0n) is 14.1. The molecule has 1 N–H and O–H groups in total. The molecule has 1 atom stereocenters. The van der Waals surface area contributed by atoms with E-state index in [2.05, 4.69) is 32.4 Å². The van der Waals surface area contributed by atoms with Gasteiger partial charge in [0.15, 0.2) is 11.6 Å². The third-order valence-corrected chi connectivity index (χ3v) is 4.24. The topological polar surface area (TPSA) is 93.4 Å². The Bertz CT molecular complexity index is 814. The van der Waals surface area contributed by atoms with Gasteiger partial charge in [-0.15, -0.1) is 12.4 Å². The Kier molecular flexibility index (Phi) is 5.22. The molecule has 1 aliphatic heterocycles. The highest BCUT2D eigenvalue weighted by Gasteiger charge is 2.25. The zero-order valence-corrected chi connectivity index (χ0v) is 14.9. The molecular weight excluding hydrogens is 346 g/mol. The summed E-state index contributed by atoms with van der Waals surface area (Å²) in [6.07, 6.45) is 2.03. The smallest absolute Gasteiger partial charge is 0.263 e. The third kappa shape index (κ3) is 3.60. The third-order valence-electron chi connectivity index (χ3n) is 4.24. The zero-order chi connectivity index (χ0) is 16.5. The Morgan fingerprint density at radius 1 is 1.36 bits per heavy atom. The predicted octanol–water partition coefficient (Wildman–Crippen LogP) is 2.21. The van der Waals surface area contributed by atoms with Gasteiger partial charge in [0.1, 0.15) is 5.76 Å². The molecule has 0 radical (unpaired) electrons. The van der Waals surface area contributed by atoms with Crippen LogP contribution in [-0.4, -0.2) is 46.7 Å². The second-order valence-corrected chi connectivity index (χ2v) is 5.92. The van der Waals surface area contributed by atoms with E-state index in [1.54, 1.807) is 12.3 Å². The second kappa shape index (κ2) is 7.38. The van der Waals surface area contributed by atoms with Gasteiger partial charge in [-0.2, -0.15) is 4.98 Å². The predicted molar refractivity (Wildman–Crippen MR) is 91.5 cm³/mol. The van der Waals surface area contributed by atoms with Crippen LogP contribution in [0.5, 0.6) is 0 Å². The minimum Gasteiger partial charge on any atom is -0.459 e. The van der Waals surface area contributed by atoms with Gasteiger partial charge in [0.2, 0.25) is 5.89 Å². The first-order chi connectivity index (χ1) is 11.7. The number of aryl methyl sites for hydroxylation is 1. The van der Waals surface area contributed by atoms with Gasteiger partial charge < -0.3 is 18.7 Å². The molecule has 4 heterocycles. The molecule has 1 unspecified atom stereocenters. The molecular formula is C16H20ClN5O3. The minimum absolute atomic E-state index is 0. The molecule has 3 aromatic rings. The maximum atomic E-state index is 5.66. The fraction of sp³-hybridized carbons (Fsp3) is 0.438. The number of hydrogen-bond acceptors (Lipinski definition) is 8. The SMILES string of the molecule is Cc1oc(-c2ccco2)nc1Cc1nc(C2CNCCN2C)no1.Cl. The fourth-order valence-corrected chi connectivity index (χ4v) is 2.81. The van der Waals surface area contributed by atoms with Crippen molar-refractivity contribution in [1.29, 1.82) is 0 Å². The molecule has 9 heteroatoms. The summed E-state index contributed by atoms with van der Waals surface area (Å²) in [5.41, 5.74) is 0.770. The number of hydrogen-bond donors (Lipinski definition) is 1. The van der Waals surface area contributed by atoms with E-state index >= 15 is 0 Å². The Morgan fingerprint density at radius 2 is 2.24 bits per heavy atom. The van der Waals surface area contributed by atoms with Crippen LogP contribution >= 0.6 is 12.4 Å². The molecule has 1 saturated heterocycles. The van der Waals surface area contributed by atoms with Crippen molar-refractivity contribution in [3.63, 3.8) is 0 Å². The Balaban J connectivity index is 0.00000182. The van der Waals surface area contributed by atoms with Crippen molar-refractivity contribution >= 4 is 12.4 Å². The molecule has 0 aliphatic carbocycles.